The Kier molecular flexibility index (Phi) is 7.42. The largest absolute Gasteiger partial charge is 0.421 e. The fraction of sp³-hybridized carbons (Fsp3) is 0.297. The van der Waals surface area contributed by atoms with Gasteiger partial charge in [-0.2, -0.15) is 13.2 Å². The van der Waals surface area contributed by atoms with Crippen LogP contribution in [0.2, 0.25) is 0 Å². The summed E-state index contributed by atoms with van der Waals surface area (Å²) in [5.74, 6) is 0.714. The van der Waals surface area contributed by atoms with Gasteiger partial charge in [0.15, 0.2) is 0 Å². The van der Waals surface area contributed by atoms with Gasteiger partial charge in [0.2, 0.25) is 11.8 Å². The number of fused-ring (bicyclic) bond motifs is 5. The van der Waals surface area contributed by atoms with E-state index < -0.39 is 17.8 Å². The minimum absolute atomic E-state index is 0.0967. The van der Waals surface area contributed by atoms with Crippen molar-refractivity contribution in [2.75, 3.05) is 11.9 Å². The highest BCUT2D eigenvalue weighted by Gasteiger charge is 2.45. The second-order valence-electron chi connectivity index (χ2n) is 13.1. The van der Waals surface area contributed by atoms with Gasteiger partial charge in [0.25, 0.3) is 5.91 Å². The van der Waals surface area contributed by atoms with Gasteiger partial charge in [0, 0.05) is 36.3 Å². The Morgan fingerprint density at radius 1 is 0.980 bits per heavy atom. The fourth-order valence-electron chi connectivity index (χ4n) is 7.78. The van der Waals surface area contributed by atoms with E-state index in [-0.39, 0.29) is 35.6 Å². The van der Waals surface area contributed by atoms with E-state index in [1.807, 2.05) is 17.0 Å². The molecule has 9 rings (SSSR count). The number of carbonyl (C=O) groups excluding carboxylic acids is 1. The summed E-state index contributed by atoms with van der Waals surface area (Å²) in [5.41, 5.74) is 4.03. The number of alkyl halides is 3. The number of halogens is 4. The molecule has 0 saturated carbocycles. The quantitative estimate of drug-likeness (QED) is 0.164. The first kappa shape index (κ1) is 31.7. The van der Waals surface area contributed by atoms with Gasteiger partial charge < -0.3 is 14.6 Å². The molecule has 5 aromatic heterocycles. The number of aryl methyl sites for hydroxylation is 3. The van der Waals surface area contributed by atoms with Crippen molar-refractivity contribution < 1.29 is 26.8 Å². The molecule has 2 atom stereocenters. The van der Waals surface area contributed by atoms with Gasteiger partial charge >= 0.3 is 6.18 Å². The van der Waals surface area contributed by atoms with Gasteiger partial charge in [0.1, 0.15) is 11.6 Å². The van der Waals surface area contributed by atoms with Crippen molar-refractivity contribution in [3.63, 3.8) is 0 Å². The van der Waals surface area contributed by atoms with Crippen molar-refractivity contribution in [2.45, 2.75) is 63.7 Å². The predicted molar refractivity (Wildman–Crippen MR) is 182 cm³/mol. The summed E-state index contributed by atoms with van der Waals surface area (Å²) in [6.07, 6.45) is 1.81. The number of hydrogen-bond donors (Lipinski definition) is 1. The van der Waals surface area contributed by atoms with E-state index in [1.165, 1.54) is 29.7 Å². The summed E-state index contributed by atoms with van der Waals surface area (Å²) in [4.78, 5) is 31.0. The Bertz CT molecular complexity index is 2350. The first-order chi connectivity index (χ1) is 24.6. The molecule has 14 heteroatoms. The van der Waals surface area contributed by atoms with Gasteiger partial charge in [-0.15, -0.1) is 21.5 Å². The molecule has 6 aromatic rings. The average molecular weight is 712 g/mol. The first-order valence-corrected chi connectivity index (χ1v) is 17.6. The highest BCUT2D eigenvalue weighted by atomic mass is 32.1. The fourth-order valence-corrected chi connectivity index (χ4v) is 8.94. The number of nitrogens with one attached hydrogen (secondary N) is 1. The molecule has 1 N–H and O–H groups in total. The zero-order valence-electron chi connectivity index (χ0n) is 27.2. The molecule has 0 radical (unpaired) electrons. The molecule has 1 aliphatic carbocycles. The van der Waals surface area contributed by atoms with Crippen molar-refractivity contribution in [3.8, 4) is 21.9 Å². The summed E-state index contributed by atoms with van der Waals surface area (Å²) in [6.45, 7) is 2.34. The maximum absolute atomic E-state index is 14.2. The van der Waals surface area contributed by atoms with E-state index in [4.69, 9.17) is 9.40 Å². The molecule has 51 heavy (non-hydrogen) atoms. The molecule has 1 aromatic carbocycles. The van der Waals surface area contributed by atoms with Crippen LogP contribution in [0, 0.1) is 12.7 Å². The van der Waals surface area contributed by atoms with Crippen molar-refractivity contribution in [1.29, 1.82) is 0 Å². The smallest absolute Gasteiger partial charge is 0.416 e. The second-order valence-corrected chi connectivity index (χ2v) is 14.2. The minimum Gasteiger partial charge on any atom is -0.421 e. The predicted octanol–water partition coefficient (Wildman–Crippen LogP) is 8.44. The summed E-state index contributed by atoms with van der Waals surface area (Å²) in [5, 5.41) is 12.8. The van der Waals surface area contributed by atoms with Crippen molar-refractivity contribution in [3.05, 3.63) is 106 Å². The SMILES string of the molecule is Cc1nnc(-c2c(CCc3ccc(F)cc3)nc3c(c2-c2cc4ccnc(N[C@@H]5CCc6c(C(F)(F)F)ccnc65)c4s2)C(=O)N2CCC[C@H]32)o1. The van der Waals surface area contributed by atoms with Gasteiger partial charge in [0.05, 0.1) is 50.6 Å². The maximum Gasteiger partial charge on any atom is 0.416 e. The number of amides is 1. The van der Waals surface area contributed by atoms with Crippen LogP contribution in [0.25, 0.3) is 32.0 Å². The Balaban J connectivity index is 1.19. The van der Waals surface area contributed by atoms with E-state index in [1.54, 1.807) is 25.3 Å². The van der Waals surface area contributed by atoms with E-state index in [2.05, 4.69) is 25.5 Å². The van der Waals surface area contributed by atoms with Crippen LogP contribution in [-0.4, -0.2) is 42.5 Å². The number of pyridine rings is 3. The van der Waals surface area contributed by atoms with Crippen LogP contribution in [0.3, 0.4) is 0 Å². The lowest BCUT2D eigenvalue weighted by atomic mass is 9.93. The summed E-state index contributed by atoms with van der Waals surface area (Å²) < 4.78 is 61.9. The maximum atomic E-state index is 14.2. The molecule has 0 bridgehead atoms. The number of hydrogen-bond acceptors (Lipinski definition) is 9. The first-order valence-electron chi connectivity index (χ1n) is 16.8. The number of nitrogens with zero attached hydrogens (tertiary/aromatic N) is 6. The number of benzene rings is 1. The van der Waals surface area contributed by atoms with Crippen LogP contribution >= 0.6 is 11.3 Å². The zero-order chi connectivity index (χ0) is 35.0. The number of aromatic nitrogens is 5. The lowest BCUT2D eigenvalue weighted by molar-refractivity contribution is -0.138. The Morgan fingerprint density at radius 2 is 1.80 bits per heavy atom. The second kappa shape index (κ2) is 11.9. The monoisotopic (exact) mass is 711 g/mol. The summed E-state index contributed by atoms with van der Waals surface area (Å²) >= 11 is 1.43. The van der Waals surface area contributed by atoms with Crippen LogP contribution in [0.1, 0.15) is 81.4 Å². The van der Waals surface area contributed by atoms with Crippen LogP contribution in [0.5, 0.6) is 0 Å². The van der Waals surface area contributed by atoms with Gasteiger partial charge in [-0.3, -0.25) is 14.8 Å². The lowest BCUT2D eigenvalue weighted by Gasteiger charge is -2.16. The number of anilines is 1. The summed E-state index contributed by atoms with van der Waals surface area (Å²) in [6, 6.07) is 10.7. The molecule has 1 amide bonds. The molecule has 9 nitrogen and oxygen atoms in total. The number of carbonyl (C=O) groups is 1. The van der Waals surface area contributed by atoms with Crippen molar-refractivity contribution in [2.24, 2.45) is 0 Å². The number of rotatable bonds is 7. The molecule has 1 fully saturated rings. The van der Waals surface area contributed by atoms with Crippen molar-refractivity contribution in [1.82, 2.24) is 30.0 Å². The Labute approximate surface area is 292 Å². The van der Waals surface area contributed by atoms with Crippen LogP contribution in [0.4, 0.5) is 23.4 Å². The van der Waals surface area contributed by atoms with E-state index in [9.17, 15) is 22.4 Å². The molecule has 0 spiro atoms. The number of thiophene rings is 1. The van der Waals surface area contributed by atoms with E-state index in [0.29, 0.717) is 65.6 Å². The highest BCUT2D eigenvalue weighted by Crippen LogP contribution is 2.51. The van der Waals surface area contributed by atoms with E-state index in [0.717, 1.165) is 45.1 Å². The molecule has 7 heterocycles. The molecule has 258 valence electrons. The molecule has 2 aliphatic heterocycles. The minimum atomic E-state index is -4.47. The third-order valence-corrected chi connectivity index (χ3v) is 11.2. The van der Waals surface area contributed by atoms with E-state index >= 15 is 0 Å². The van der Waals surface area contributed by atoms with Gasteiger partial charge in [-0.1, -0.05) is 12.1 Å². The summed E-state index contributed by atoms with van der Waals surface area (Å²) in [7, 11) is 0. The standard InChI is InChI=1S/C37H29F4N7O2S/c1-18-46-47-35(50-18)28-24(10-6-19-4-7-21(38)8-5-19)44-32-26-3-2-16-48(26)36(49)30(32)29(28)27-17-20-12-14-43-34(33(20)51-27)45-25-11-9-22-23(37(39,40)41)13-15-42-31(22)25/h4-5,7-8,12-15,17,25-26H,2-3,6,9-11,16H2,1H3,(H,43,45)/t25-,26-/m1/s1. The molecule has 0 unspecified atom stereocenters. The third kappa shape index (κ3) is 5.34. The average Bonchev–Trinajstić information content (AvgIpc) is 3.95. The molecule has 3 aliphatic rings. The third-order valence-electron chi connectivity index (χ3n) is 10.0. The van der Waals surface area contributed by atoms with Crippen LogP contribution in [0.15, 0.2) is 59.3 Å². The topological polar surface area (TPSA) is 110 Å². The lowest BCUT2D eigenvalue weighted by Crippen LogP contribution is -2.22. The van der Waals surface area contributed by atoms with Gasteiger partial charge in [-0.05, 0) is 85.4 Å². The normalized spacial score (nSPS) is 18.1. The Hall–Kier alpha value is -5.24. The molecule has 1 saturated heterocycles. The zero-order valence-corrected chi connectivity index (χ0v) is 28.0. The molecular formula is C37H29F4N7O2S. The van der Waals surface area contributed by atoms with Crippen LogP contribution in [-0.2, 0) is 25.4 Å². The molecular weight excluding hydrogens is 683 g/mol. The van der Waals surface area contributed by atoms with Crippen LogP contribution < -0.4 is 5.32 Å². The van der Waals surface area contributed by atoms with Crippen molar-refractivity contribution >= 4 is 33.1 Å². The Morgan fingerprint density at radius 3 is 2.59 bits per heavy atom. The highest BCUT2D eigenvalue weighted by molar-refractivity contribution is 7.23. The van der Waals surface area contributed by atoms with Gasteiger partial charge in [-0.25, -0.2) is 9.37 Å².